The molecule has 1 atom stereocenters. The molecule has 0 aliphatic rings. The zero-order valence-electron chi connectivity index (χ0n) is 12.6. The Hall–Kier alpha value is -0.250. The molecule has 114 valence electrons. The molecule has 20 heavy (non-hydrogen) atoms. The van der Waals surface area contributed by atoms with Crippen LogP contribution in [0.1, 0.15) is 32.8 Å². The average Bonchev–Trinajstić information content (AvgIpc) is 2.40. The molecule has 0 aromatic heterocycles. The van der Waals surface area contributed by atoms with E-state index in [2.05, 4.69) is 26.1 Å². The molecule has 4 heteroatoms. The van der Waals surface area contributed by atoms with Crippen LogP contribution in [-0.4, -0.2) is 24.1 Å². The molecule has 0 amide bonds. The number of hydrogen-bond acceptors (Lipinski definition) is 2. The Morgan fingerprint density at radius 1 is 1.30 bits per heavy atom. The first-order valence-electron chi connectivity index (χ1n) is 7.28. The Balaban J connectivity index is 2.60. The van der Waals surface area contributed by atoms with E-state index < -0.39 is 0 Å². The third kappa shape index (κ3) is 6.47. The number of thioether (sulfide) groups is 1. The number of benzene rings is 1. The number of hydrogen-bond donors (Lipinski definition) is 1. The summed E-state index contributed by atoms with van der Waals surface area (Å²) in [5.74, 6) is 2.56. The summed E-state index contributed by atoms with van der Waals surface area (Å²) in [6.45, 7) is 7.59. The Kier molecular flexibility index (Phi) is 8.58. The van der Waals surface area contributed by atoms with Crippen LogP contribution in [0.3, 0.4) is 0 Å². The predicted molar refractivity (Wildman–Crippen MR) is 89.4 cm³/mol. The highest BCUT2D eigenvalue weighted by atomic mass is 35.5. The van der Waals surface area contributed by atoms with E-state index in [1.54, 1.807) is 6.07 Å². The third-order valence-corrected chi connectivity index (χ3v) is 4.91. The topological polar surface area (TPSA) is 12.0 Å². The molecule has 0 bridgehead atoms. The molecule has 0 aliphatic carbocycles. The maximum absolute atomic E-state index is 13.5. The van der Waals surface area contributed by atoms with E-state index in [0.717, 1.165) is 36.5 Å². The van der Waals surface area contributed by atoms with Crippen molar-refractivity contribution in [3.63, 3.8) is 0 Å². The number of halogens is 2. The van der Waals surface area contributed by atoms with Gasteiger partial charge in [-0.05, 0) is 42.7 Å². The van der Waals surface area contributed by atoms with E-state index in [4.69, 9.17) is 11.6 Å². The zero-order valence-corrected chi connectivity index (χ0v) is 14.2. The van der Waals surface area contributed by atoms with Gasteiger partial charge in [-0.1, -0.05) is 44.5 Å². The second-order valence-electron chi connectivity index (χ2n) is 5.50. The second kappa shape index (κ2) is 9.64. The molecule has 1 nitrogen and oxygen atoms in total. The van der Waals surface area contributed by atoms with E-state index in [1.807, 2.05) is 17.8 Å². The van der Waals surface area contributed by atoms with Gasteiger partial charge in [-0.25, -0.2) is 4.39 Å². The lowest BCUT2D eigenvalue weighted by molar-refractivity contribution is 0.547. The minimum absolute atomic E-state index is 0.268. The number of rotatable bonds is 9. The van der Waals surface area contributed by atoms with Crippen LogP contribution in [0.2, 0.25) is 5.02 Å². The van der Waals surface area contributed by atoms with Gasteiger partial charge in [0, 0.05) is 11.8 Å². The summed E-state index contributed by atoms with van der Waals surface area (Å²) in [6, 6.07) is 5.40. The first-order chi connectivity index (χ1) is 9.54. The summed E-state index contributed by atoms with van der Waals surface area (Å²) < 4.78 is 13.5. The first-order valence-corrected chi connectivity index (χ1v) is 8.81. The summed E-state index contributed by atoms with van der Waals surface area (Å²) in [4.78, 5) is 0. The van der Waals surface area contributed by atoms with Crippen LogP contribution in [0.5, 0.6) is 0 Å². The van der Waals surface area contributed by atoms with Gasteiger partial charge in [0.1, 0.15) is 5.82 Å². The Labute approximate surface area is 131 Å². The van der Waals surface area contributed by atoms with Crippen LogP contribution in [0.4, 0.5) is 4.39 Å². The third-order valence-electron chi connectivity index (χ3n) is 2.95. The van der Waals surface area contributed by atoms with E-state index in [-0.39, 0.29) is 10.8 Å². The second-order valence-corrected chi connectivity index (χ2v) is 6.95. The largest absolute Gasteiger partial charge is 0.313 e. The molecule has 1 N–H and O–H groups in total. The van der Waals surface area contributed by atoms with Gasteiger partial charge in [0.25, 0.3) is 0 Å². The lowest BCUT2D eigenvalue weighted by Gasteiger charge is -2.19. The molecule has 0 aliphatic heterocycles. The van der Waals surface area contributed by atoms with E-state index in [0.29, 0.717) is 12.0 Å². The molecule has 0 radical (unpaired) electrons. The van der Waals surface area contributed by atoms with Gasteiger partial charge in [-0.3, -0.25) is 0 Å². The minimum Gasteiger partial charge on any atom is -0.313 e. The Morgan fingerprint density at radius 3 is 2.70 bits per heavy atom. The molecular formula is C16H25ClFNS. The van der Waals surface area contributed by atoms with Crippen molar-refractivity contribution >= 4 is 23.4 Å². The molecule has 1 rings (SSSR count). The SMILES string of the molecule is CCCNC(CSCC(C)C)Cc1cccc(F)c1Cl. The fourth-order valence-electron chi connectivity index (χ4n) is 1.96. The summed E-state index contributed by atoms with van der Waals surface area (Å²) in [5.41, 5.74) is 0.894. The van der Waals surface area contributed by atoms with Gasteiger partial charge < -0.3 is 5.32 Å². The predicted octanol–water partition coefficient (Wildman–Crippen LogP) is 4.78. The minimum atomic E-state index is -0.326. The van der Waals surface area contributed by atoms with Crippen LogP contribution in [0.15, 0.2) is 18.2 Å². The zero-order chi connectivity index (χ0) is 15.0. The summed E-state index contributed by atoms with van der Waals surface area (Å²) in [7, 11) is 0. The molecule has 1 aromatic rings. The van der Waals surface area contributed by atoms with Crippen LogP contribution in [0.25, 0.3) is 0 Å². The van der Waals surface area contributed by atoms with E-state index >= 15 is 0 Å². The van der Waals surface area contributed by atoms with Gasteiger partial charge in [-0.15, -0.1) is 0 Å². The Bertz CT molecular complexity index is 398. The maximum Gasteiger partial charge on any atom is 0.142 e. The van der Waals surface area contributed by atoms with Crippen LogP contribution in [0, 0.1) is 11.7 Å². The molecule has 0 saturated heterocycles. The molecule has 1 aromatic carbocycles. The quantitative estimate of drug-likeness (QED) is 0.703. The van der Waals surface area contributed by atoms with Crippen LogP contribution in [-0.2, 0) is 6.42 Å². The maximum atomic E-state index is 13.5. The van der Waals surface area contributed by atoms with Crippen molar-refractivity contribution in [1.29, 1.82) is 0 Å². The van der Waals surface area contributed by atoms with Gasteiger partial charge in [0.05, 0.1) is 5.02 Å². The average molecular weight is 318 g/mol. The lowest BCUT2D eigenvalue weighted by Crippen LogP contribution is -2.34. The van der Waals surface area contributed by atoms with Crippen LogP contribution >= 0.6 is 23.4 Å². The number of nitrogens with one attached hydrogen (secondary N) is 1. The molecular weight excluding hydrogens is 293 g/mol. The summed E-state index contributed by atoms with van der Waals surface area (Å²) >= 11 is 8.00. The van der Waals surface area contributed by atoms with Gasteiger partial charge in [-0.2, -0.15) is 11.8 Å². The summed E-state index contributed by atoms with van der Waals surface area (Å²) in [5, 5.41) is 3.80. The highest BCUT2D eigenvalue weighted by Crippen LogP contribution is 2.22. The highest BCUT2D eigenvalue weighted by Gasteiger charge is 2.13. The molecule has 0 heterocycles. The van der Waals surface area contributed by atoms with E-state index in [9.17, 15) is 4.39 Å². The van der Waals surface area contributed by atoms with Crippen molar-refractivity contribution < 1.29 is 4.39 Å². The Morgan fingerprint density at radius 2 is 2.05 bits per heavy atom. The van der Waals surface area contributed by atoms with Crippen molar-refractivity contribution in [3.05, 3.63) is 34.6 Å². The lowest BCUT2D eigenvalue weighted by atomic mass is 10.1. The molecule has 1 unspecified atom stereocenters. The fourth-order valence-corrected chi connectivity index (χ4v) is 3.29. The summed E-state index contributed by atoms with van der Waals surface area (Å²) in [6.07, 6.45) is 1.88. The highest BCUT2D eigenvalue weighted by molar-refractivity contribution is 7.99. The fraction of sp³-hybridized carbons (Fsp3) is 0.625. The molecule has 0 spiro atoms. The normalized spacial score (nSPS) is 12.9. The molecule has 0 fully saturated rings. The van der Waals surface area contributed by atoms with Crippen molar-refractivity contribution in [3.8, 4) is 0 Å². The van der Waals surface area contributed by atoms with Crippen LogP contribution < -0.4 is 5.32 Å². The van der Waals surface area contributed by atoms with Crippen molar-refractivity contribution in [2.24, 2.45) is 5.92 Å². The van der Waals surface area contributed by atoms with Crippen molar-refractivity contribution in [2.75, 3.05) is 18.1 Å². The van der Waals surface area contributed by atoms with Gasteiger partial charge in [0.15, 0.2) is 0 Å². The standard InChI is InChI=1S/C16H25ClFNS/c1-4-8-19-14(11-20-10-12(2)3)9-13-6-5-7-15(18)16(13)17/h5-7,12,14,19H,4,8-11H2,1-3H3. The van der Waals surface area contributed by atoms with Crippen molar-refractivity contribution in [1.82, 2.24) is 5.32 Å². The molecule has 0 saturated carbocycles. The first kappa shape index (κ1) is 17.8. The van der Waals surface area contributed by atoms with Gasteiger partial charge >= 0.3 is 0 Å². The van der Waals surface area contributed by atoms with Crippen molar-refractivity contribution in [2.45, 2.75) is 39.7 Å². The monoisotopic (exact) mass is 317 g/mol. The van der Waals surface area contributed by atoms with Gasteiger partial charge in [0.2, 0.25) is 0 Å². The van der Waals surface area contributed by atoms with E-state index in [1.165, 1.54) is 6.07 Å². The smallest absolute Gasteiger partial charge is 0.142 e.